The van der Waals surface area contributed by atoms with E-state index in [2.05, 4.69) is 23.2 Å². The molecule has 3 heteroatoms. The molecule has 0 radical (unpaired) electrons. The fourth-order valence-electron chi connectivity index (χ4n) is 0.665. The average Bonchev–Trinajstić information content (AvgIpc) is 2.06. The molecule has 0 unspecified atom stereocenters. The van der Waals surface area contributed by atoms with Crippen LogP contribution in [0.25, 0.3) is 0 Å². The number of aliphatic hydroxyl groups excluding tert-OH is 1. The summed E-state index contributed by atoms with van der Waals surface area (Å²) in [7, 11) is 1.51. The Balaban J connectivity index is 3.92. The number of hydrogen-bond donors (Lipinski definition) is 1. The zero-order valence-electron chi connectivity index (χ0n) is 7.41. The lowest BCUT2D eigenvalue weighted by Gasteiger charge is -2.14. The maximum atomic E-state index is 9.31. The van der Waals surface area contributed by atoms with Crippen molar-refractivity contribution in [2.24, 2.45) is 0 Å². The predicted molar refractivity (Wildman–Crippen MR) is 46.4 cm³/mol. The molecule has 0 fully saturated rings. The maximum Gasteiger partial charge on any atom is 0.147 e. The second kappa shape index (κ2) is 6.86. The number of aliphatic hydroxyl groups is 1. The largest absolute Gasteiger partial charge is 0.377 e. The van der Waals surface area contributed by atoms with Crippen LogP contribution in [0.4, 0.5) is 0 Å². The molecule has 0 spiro atoms. The van der Waals surface area contributed by atoms with E-state index in [0.29, 0.717) is 0 Å². The Morgan fingerprint density at radius 2 is 2.33 bits per heavy atom. The molecule has 0 saturated heterocycles. The Morgan fingerprint density at radius 1 is 1.67 bits per heavy atom. The van der Waals surface area contributed by atoms with Crippen LogP contribution in [0.1, 0.15) is 6.92 Å². The fourth-order valence-corrected chi connectivity index (χ4v) is 0.665. The van der Waals surface area contributed by atoms with Crippen LogP contribution >= 0.6 is 0 Å². The third-order valence-corrected chi connectivity index (χ3v) is 1.21. The lowest BCUT2D eigenvalue weighted by atomic mass is 10.2. The fraction of sp³-hybridized carbons (Fsp3) is 0.556. The standard InChI is InChI=1S/C9H14O3/c1-4-6-8(10)9(5-2)12-7-11-3/h5,8-10H,2,7H2,1,3H3/t8-,9-/m1/s1. The van der Waals surface area contributed by atoms with Crippen molar-refractivity contribution in [2.45, 2.75) is 19.1 Å². The van der Waals surface area contributed by atoms with E-state index in [4.69, 9.17) is 4.74 Å². The topological polar surface area (TPSA) is 38.7 Å². The van der Waals surface area contributed by atoms with E-state index in [1.165, 1.54) is 13.2 Å². The summed E-state index contributed by atoms with van der Waals surface area (Å²) in [6.45, 7) is 5.29. The molecule has 0 aliphatic carbocycles. The summed E-state index contributed by atoms with van der Waals surface area (Å²) < 4.78 is 9.74. The van der Waals surface area contributed by atoms with Gasteiger partial charge >= 0.3 is 0 Å². The van der Waals surface area contributed by atoms with E-state index >= 15 is 0 Å². The monoisotopic (exact) mass is 170 g/mol. The van der Waals surface area contributed by atoms with Gasteiger partial charge in [0, 0.05) is 7.11 Å². The zero-order valence-corrected chi connectivity index (χ0v) is 7.41. The van der Waals surface area contributed by atoms with Gasteiger partial charge in [0.15, 0.2) is 0 Å². The van der Waals surface area contributed by atoms with Gasteiger partial charge in [-0.3, -0.25) is 0 Å². The van der Waals surface area contributed by atoms with Crippen molar-refractivity contribution in [3.63, 3.8) is 0 Å². The molecule has 0 aliphatic rings. The second-order valence-corrected chi connectivity index (χ2v) is 2.11. The van der Waals surface area contributed by atoms with E-state index in [1.807, 2.05) is 0 Å². The van der Waals surface area contributed by atoms with Crippen LogP contribution in [0.15, 0.2) is 12.7 Å². The van der Waals surface area contributed by atoms with Gasteiger partial charge in [-0.05, 0) is 6.92 Å². The first-order valence-electron chi connectivity index (χ1n) is 3.59. The van der Waals surface area contributed by atoms with Crippen molar-refractivity contribution in [1.29, 1.82) is 0 Å². The van der Waals surface area contributed by atoms with Crippen molar-refractivity contribution in [1.82, 2.24) is 0 Å². The highest BCUT2D eigenvalue weighted by Gasteiger charge is 2.12. The molecule has 0 rings (SSSR count). The van der Waals surface area contributed by atoms with Crippen molar-refractivity contribution < 1.29 is 14.6 Å². The average molecular weight is 170 g/mol. The molecule has 0 heterocycles. The Kier molecular flexibility index (Phi) is 6.39. The molecule has 0 aromatic rings. The molecule has 2 atom stereocenters. The minimum absolute atomic E-state index is 0.124. The summed E-state index contributed by atoms with van der Waals surface area (Å²) in [5.74, 6) is 5.15. The first-order chi connectivity index (χ1) is 5.76. The first kappa shape index (κ1) is 11.2. The summed E-state index contributed by atoms with van der Waals surface area (Å²) in [5, 5.41) is 9.31. The van der Waals surface area contributed by atoms with E-state index < -0.39 is 12.2 Å². The minimum atomic E-state index is -0.831. The maximum absolute atomic E-state index is 9.31. The molecule has 0 aliphatic heterocycles. The van der Waals surface area contributed by atoms with Gasteiger partial charge in [-0.1, -0.05) is 12.0 Å². The quantitative estimate of drug-likeness (QED) is 0.372. The van der Waals surface area contributed by atoms with Gasteiger partial charge in [0.25, 0.3) is 0 Å². The highest BCUT2D eigenvalue weighted by molar-refractivity contribution is 5.08. The summed E-state index contributed by atoms with van der Waals surface area (Å²) >= 11 is 0. The molecule has 0 amide bonds. The van der Waals surface area contributed by atoms with Gasteiger partial charge in [0.2, 0.25) is 0 Å². The summed E-state index contributed by atoms with van der Waals surface area (Å²) in [4.78, 5) is 0. The molecule has 1 N–H and O–H groups in total. The van der Waals surface area contributed by atoms with Crippen LogP contribution in [-0.4, -0.2) is 31.2 Å². The SMILES string of the molecule is C=C[C@@H](OCOC)[C@H](O)C#CC. The van der Waals surface area contributed by atoms with Crippen LogP contribution in [0, 0.1) is 11.8 Å². The van der Waals surface area contributed by atoms with E-state index in [0.717, 1.165) is 0 Å². The van der Waals surface area contributed by atoms with E-state index in [9.17, 15) is 5.11 Å². The first-order valence-corrected chi connectivity index (χ1v) is 3.59. The van der Waals surface area contributed by atoms with E-state index in [1.54, 1.807) is 6.92 Å². The predicted octanol–water partition coefficient (Wildman–Crippen LogP) is 0.546. The van der Waals surface area contributed by atoms with Gasteiger partial charge in [0.05, 0.1) is 0 Å². The zero-order chi connectivity index (χ0) is 9.40. The minimum Gasteiger partial charge on any atom is -0.377 e. The van der Waals surface area contributed by atoms with Crippen molar-refractivity contribution in [2.75, 3.05) is 13.9 Å². The number of hydrogen-bond acceptors (Lipinski definition) is 3. The summed E-state index contributed by atoms with van der Waals surface area (Å²) in [6, 6.07) is 0. The van der Waals surface area contributed by atoms with Crippen LogP contribution in [0.5, 0.6) is 0 Å². The van der Waals surface area contributed by atoms with Gasteiger partial charge in [0.1, 0.15) is 19.0 Å². The van der Waals surface area contributed by atoms with Crippen LogP contribution in [0.2, 0.25) is 0 Å². The van der Waals surface area contributed by atoms with Crippen LogP contribution in [0.3, 0.4) is 0 Å². The lowest BCUT2D eigenvalue weighted by molar-refractivity contribution is -0.0814. The van der Waals surface area contributed by atoms with Gasteiger partial charge in [-0.25, -0.2) is 0 Å². The van der Waals surface area contributed by atoms with Crippen molar-refractivity contribution >= 4 is 0 Å². The smallest absolute Gasteiger partial charge is 0.147 e. The van der Waals surface area contributed by atoms with E-state index in [-0.39, 0.29) is 6.79 Å². The number of ether oxygens (including phenoxy) is 2. The molecule has 3 nitrogen and oxygen atoms in total. The molecular formula is C9H14O3. The lowest BCUT2D eigenvalue weighted by Crippen LogP contribution is -2.26. The van der Waals surface area contributed by atoms with Crippen LogP contribution < -0.4 is 0 Å². The Labute approximate surface area is 73.0 Å². The Hall–Kier alpha value is -0.820. The number of methoxy groups -OCH3 is 1. The molecule has 68 valence electrons. The molecule has 12 heavy (non-hydrogen) atoms. The summed E-state index contributed by atoms with van der Waals surface area (Å²) in [6.07, 6.45) is 0.175. The highest BCUT2D eigenvalue weighted by Crippen LogP contribution is 1.99. The van der Waals surface area contributed by atoms with Crippen LogP contribution in [-0.2, 0) is 9.47 Å². The molecule has 0 saturated carbocycles. The molecule has 0 aromatic carbocycles. The van der Waals surface area contributed by atoms with Gasteiger partial charge in [-0.15, -0.1) is 12.5 Å². The van der Waals surface area contributed by atoms with Crippen molar-refractivity contribution in [3.05, 3.63) is 12.7 Å². The molecule has 0 bridgehead atoms. The highest BCUT2D eigenvalue weighted by atomic mass is 16.7. The molecule has 0 aromatic heterocycles. The molecular weight excluding hydrogens is 156 g/mol. The third kappa shape index (κ3) is 4.14. The van der Waals surface area contributed by atoms with Crippen molar-refractivity contribution in [3.8, 4) is 11.8 Å². The Morgan fingerprint density at radius 3 is 2.75 bits per heavy atom. The van der Waals surface area contributed by atoms with Gasteiger partial charge in [-0.2, -0.15) is 0 Å². The number of rotatable bonds is 5. The Bertz CT molecular complexity index is 178. The normalized spacial score (nSPS) is 14.2. The van der Waals surface area contributed by atoms with Gasteiger partial charge < -0.3 is 14.6 Å². The third-order valence-electron chi connectivity index (χ3n) is 1.21. The summed E-state index contributed by atoms with van der Waals surface area (Å²) in [5.41, 5.74) is 0. The second-order valence-electron chi connectivity index (χ2n) is 2.11.